The lowest BCUT2D eigenvalue weighted by Crippen LogP contribution is -2.43. The van der Waals surface area contributed by atoms with Gasteiger partial charge < -0.3 is 10.5 Å². The topological polar surface area (TPSA) is 90.1 Å². The van der Waals surface area contributed by atoms with Crippen LogP contribution in [0.3, 0.4) is 0 Å². The van der Waals surface area contributed by atoms with Crippen molar-refractivity contribution in [3.05, 3.63) is 5.01 Å². The first kappa shape index (κ1) is 19.1. The summed E-state index contributed by atoms with van der Waals surface area (Å²) in [5.41, 5.74) is 5.86. The fourth-order valence-corrected chi connectivity index (χ4v) is 2.80. The number of hydrogen-bond acceptors (Lipinski definition) is 6. The van der Waals surface area contributed by atoms with Crippen LogP contribution in [0.4, 0.5) is 18.3 Å². The molecule has 126 valence electrons. The van der Waals surface area contributed by atoms with Crippen molar-refractivity contribution in [3.63, 3.8) is 0 Å². The van der Waals surface area contributed by atoms with Gasteiger partial charge >= 0.3 is 6.18 Å². The second kappa shape index (κ2) is 8.04. The largest absolute Gasteiger partial charge is 0.395 e. The number of anilines is 1. The van der Waals surface area contributed by atoms with Gasteiger partial charge in [0, 0.05) is 13.2 Å². The monoisotopic (exact) mass is 360 g/mol. The number of carbonyl (C=O) groups excluding carboxylic acids is 1. The van der Waals surface area contributed by atoms with Gasteiger partial charge in [0.15, 0.2) is 0 Å². The van der Waals surface area contributed by atoms with Gasteiger partial charge in [0.1, 0.15) is 5.01 Å². The third-order valence-corrected chi connectivity index (χ3v) is 3.96. The molecule has 1 aliphatic heterocycles. The number of carbonyl (C=O) groups is 1. The molecule has 0 aliphatic carbocycles. The van der Waals surface area contributed by atoms with Crippen molar-refractivity contribution in [1.29, 1.82) is 0 Å². The second-order valence-electron chi connectivity index (χ2n) is 4.76. The van der Waals surface area contributed by atoms with E-state index >= 15 is 0 Å². The van der Waals surface area contributed by atoms with Crippen molar-refractivity contribution in [2.24, 2.45) is 11.7 Å². The van der Waals surface area contributed by atoms with E-state index in [4.69, 9.17) is 10.5 Å². The lowest BCUT2D eigenvalue weighted by molar-refractivity contribution is -0.127. The minimum Gasteiger partial charge on any atom is -0.381 e. The maximum absolute atomic E-state index is 12.2. The number of halogens is 4. The maximum atomic E-state index is 12.2. The molecular formula is C11H16ClF3N4O2S. The van der Waals surface area contributed by atoms with Crippen LogP contribution in [0.25, 0.3) is 0 Å². The van der Waals surface area contributed by atoms with Crippen LogP contribution in [-0.2, 0) is 16.0 Å². The Bertz CT molecular complexity index is 494. The van der Waals surface area contributed by atoms with Gasteiger partial charge in [-0.05, 0) is 18.8 Å². The lowest BCUT2D eigenvalue weighted by atomic mass is 9.92. The summed E-state index contributed by atoms with van der Waals surface area (Å²) < 4.78 is 41.8. The average molecular weight is 361 g/mol. The van der Waals surface area contributed by atoms with Gasteiger partial charge in [0.2, 0.25) is 11.0 Å². The smallest absolute Gasteiger partial charge is 0.381 e. The van der Waals surface area contributed by atoms with Crippen molar-refractivity contribution in [2.75, 3.05) is 18.5 Å². The number of amides is 1. The van der Waals surface area contributed by atoms with Gasteiger partial charge in [-0.3, -0.25) is 10.1 Å². The number of nitrogens with one attached hydrogen (secondary N) is 1. The third kappa shape index (κ3) is 5.67. The summed E-state index contributed by atoms with van der Waals surface area (Å²) in [4.78, 5) is 11.9. The summed E-state index contributed by atoms with van der Waals surface area (Å²) in [5.74, 6) is -0.460. The van der Waals surface area contributed by atoms with Crippen LogP contribution < -0.4 is 11.1 Å². The van der Waals surface area contributed by atoms with Gasteiger partial charge in [-0.25, -0.2) is 0 Å². The zero-order valence-electron chi connectivity index (χ0n) is 11.4. The average Bonchev–Trinajstić information content (AvgIpc) is 2.83. The van der Waals surface area contributed by atoms with Crippen LogP contribution in [0.5, 0.6) is 0 Å². The SMILES string of the molecule is Cl.NC(C(=O)Nc1nnc(CC(F)(F)F)s1)C1CCOCC1. The molecule has 2 rings (SSSR count). The van der Waals surface area contributed by atoms with E-state index in [9.17, 15) is 18.0 Å². The number of aromatic nitrogens is 2. The Hall–Kier alpha value is -0.970. The quantitative estimate of drug-likeness (QED) is 0.853. The molecule has 1 aromatic rings. The van der Waals surface area contributed by atoms with Crippen molar-refractivity contribution in [2.45, 2.75) is 31.5 Å². The molecule has 1 aromatic heterocycles. The molecule has 1 unspecified atom stereocenters. The zero-order valence-corrected chi connectivity index (χ0v) is 13.1. The highest BCUT2D eigenvalue weighted by molar-refractivity contribution is 7.15. The summed E-state index contributed by atoms with van der Waals surface area (Å²) in [7, 11) is 0. The van der Waals surface area contributed by atoms with E-state index in [-0.39, 0.29) is 28.5 Å². The summed E-state index contributed by atoms with van der Waals surface area (Å²) >= 11 is 0.698. The van der Waals surface area contributed by atoms with Gasteiger partial charge in [-0.1, -0.05) is 11.3 Å². The van der Waals surface area contributed by atoms with E-state index < -0.39 is 24.5 Å². The van der Waals surface area contributed by atoms with Crippen molar-refractivity contribution < 1.29 is 22.7 Å². The van der Waals surface area contributed by atoms with Crippen LogP contribution in [-0.4, -0.2) is 41.5 Å². The lowest BCUT2D eigenvalue weighted by Gasteiger charge is -2.26. The van der Waals surface area contributed by atoms with Crippen molar-refractivity contribution in [3.8, 4) is 0 Å². The van der Waals surface area contributed by atoms with E-state index in [0.717, 1.165) is 0 Å². The van der Waals surface area contributed by atoms with E-state index in [1.807, 2.05) is 0 Å². The molecule has 0 aromatic carbocycles. The first-order chi connectivity index (χ1) is 9.85. The third-order valence-electron chi connectivity index (χ3n) is 3.13. The predicted octanol–water partition coefficient (Wildman–Crippen LogP) is 1.76. The molecule has 1 saturated heterocycles. The van der Waals surface area contributed by atoms with E-state index in [1.54, 1.807) is 0 Å². The molecule has 2 heterocycles. The molecule has 1 atom stereocenters. The maximum Gasteiger partial charge on any atom is 0.395 e. The predicted molar refractivity (Wildman–Crippen MR) is 77.1 cm³/mol. The Morgan fingerprint density at radius 2 is 2.05 bits per heavy atom. The molecule has 6 nitrogen and oxygen atoms in total. The normalized spacial score (nSPS) is 17.6. The fourth-order valence-electron chi connectivity index (χ4n) is 2.02. The number of ether oxygens (including phenoxy) is 1. The molecule has 22 heavy (non-hydrogen) atoms. The summed E-state index contributed by atoms with van der Waals surface area (Å²) in [6.07, 6.45) is -4.14. The van der Waals surface area contributed by atoms with Crippen LogP contribution in [0, 0.1) is 5.92 Å². The van der Waals surface area contributed by atoms with Crippen LogP contribution >= 0.6 is 23.7 Å². The Morgan fingerprint density at radius 1 is 1.41 bits per heavy atom. The minimum absolute atomic E-state index is 0. The van der Waals surface area contributed by atoms with Crippen LogP contribution in [0.1, 0.15) is 17.8 Å². The number of nitrogens with two attached hydrogens (primary N) is 1. The second-order valence-corrected chi connectivity index (χ2v) is 5.82. The van der Waals surface area contributed by atoms with Crippen molar-refractivity contribution >= 4 is 34.8 Å². The number of alkyl halides is 3. The standard InChI is InChI=1S/C11H15F3N4O2S.ClH/c12-11(13,14)5-7-17-18-10(21-7)16-9(19)8(15)6-1-3-20-4-2-6;/h6,8H,1-5,15H2,(H,16,18,19);1H. The van der Waals surface area contributed by atoms with Crippen LogP contribution in [0.15, 0.2) is 0 Å². The zero-order chi connectivity index (χ0) is 15.5. The highest BCUT2D eigenvalue weighted by Gasteiger charge is 2.31. The molecule has 0 spiro atoms. The van der Waals surface area contributed by atoms with Gasteiger partial charge in [0.05, 0.1) is 12.5 Å². The molecule has 3 N–H and O–H groups in total. The first-order valence-corrected chi connectivity index (χ1v) is 7.20. The van der Waals surface area contributed by atoms with E-state index in [2.05, 4.69) is 15.5 Å². The van der Waals surface area contributed by atoms with Crippen LogP contribution in [0.2, 0.25) is 0 Å². The highest BCUT2D eigenvalue weighted by Crippen LogP contribution is 2.25. The molecule has 0 saturated carbocycles. The molecule has 0 bridgehead atoms. The first-order valence-electron chi connectivity index (χ1n) is 6.38. The summed E-state index contributed by atoms with van der Waals surface area (Å²) in [6, 6.07) is -0.733. The number of nitrogens with zero attached hydrogens (tertiary/aromatic N) is 2. The Kier molecular flexibility index (Phi) is 6.98. The molecule has 1 amide bonds. The molecule has 0 radical (unpaired) electrons. The van der Waals surface area contributed by atoms with Gasteiger partial charge in [-0.2, -0.15) is 13.2 Å². The molecular weight excluding hydrogens is 345 g/mol. The molecule has 1 aliphatic rings. The Morgan fingerprint density at radius 3 is 2.64 bits per heavy atom. The molecule has 1 fully saturated rings. The Labute approximate surface area is 135 Å². The number of rotatable bonds is 4. The van der Waals surface area contributed by atoms with E-state index in [1.165, 1.54) is 0 Å². The van der Waals surface area contributed by atoms with Gasteiger partial charge in [0.25, 0.3) is 0 Å². The highest BCUT2D eigenvalue weighted by atomic mass is 35.5. The summed E-state index contributed by atoms with van der Waals surface area (Å²) in [6.45, 7) is 1.11. The fraction of sp³-hybridized carbons (Fsp3) is 0.727. The minimum atomic E-state index is -4.35. The Balaban J connectivity index is 0.00000242. The van der Waals surface area contributed by atoms with E-state index in [0.29, 0.717) is 37.4 Å². The van der Waals surface area contributed by atoms with Gasteiger partial charge in [-0.15, -0.1) is 22.6 Å². The number of hydrogen-bond donors (Lipinski definition) is 2. The summed E-state index contributed by atoms with van der Waals surface area (Å²) in [5, 5.41) is 9.17. The molecule has 11 heteroatoms. The van der Waals surface area contributed by atoms with Crippen molar-refractivity contribution in [1.82, 2.24) is 10.2 Å².